The smallest absolute Gasteiger partial charge is 0.0406 e. The van der Waals surface area contributed by atoms with E-state index in [2.05, 4.69) is 52.1 Å². The molecule has 0 fully saturated rings. The molecule has 0 aliphatic rings. The zero-order valence-electron chi connectivity index (χ0n) is 13.0. The van der Waals surface area contributed by atoms with Gasteiger partial charge in [-0.1, -0.05) is 37.6 Å². The van der Waals surface area contributed by atoms with Crippen LogP contribution in [0, 0.1) is 5.41 Å². The summed E-state index contributed by atoms with van der Waals surface area (Å²) in [5.41, 5.74) is 1.96. The van der Waals surface area contributed by atoms with Crippen molar-refractivity contribution in [3.05, 3.63) is 34.9 Å². The fourth-order valence-corrected chi connectivity index (χ4v) is 2.16. The zero-order valence-corrected chi connectivity index (χ0v) is 13.8. The van der Waals surface area contributed by atoms with E-state index in [1.54, 1.807) is 0 Å². The summed E-state index contributed by atoms with van der Waals surface area (Å²) in [7, 11) is 0. The van der Waals surface area contributed by atoms with Gasteiger partial charge >= 0.3 is 0 Å². The highest BCUT2D eigenvalue weighted by molar-refractivity contribution is 6.30. The number of nitrogens with one attached hydrogen (secondary N) is 1. The highest BCUT2D eigenvalue weighted by Crippen LogP contribution is 2.27. The standard InChI is InChI=1S/C17H28ClN/c1-16(2,3)19-13-12-17(4,5)11-10-14-6-8-15(18)9-7-14/h6-9,19H,10-13H2,1-5H3. The van der Waals surface area contributed by atoms with Gasteiger partial charge in [0.1, 0.15) is 0 Å². The lowest BCUT2D eigenvalue weighted by Gasteiger charge is -2.28. The van der Waals surface area contributed by atoms with Gasteiger partial charge in [-0.3, -0.25) is 0 Å². The Morgan fingerprint density at radius 2 is 1.53 bits per heavy atom. The summed E-state index contributed by atoms with van der Waals surface area (Å²) in [5, 5.41) is 4.38. The quantitative estimate of drug-likeness (QED) is 0.767. The summed E-state index contributed by atoms with van der Waals surface area (Å²) in [6.45, 7) is 12.4. The Morgan fingerprint density at radius 1 is 0.947 bits per heavy atom. The molecule has 1 rings (SSSR count). The van der Waals surface area contributed by atoms with Crippen LogP contribution < -0.4 is 5.32 Å². The first-order valence-electron chi connectivity index (χ1n) is 7.17. The molecular formula is C17H28ClN. The van der Waals surface area contributed by atoms with Crippen molar-refractivity contribution < 1.29 is 0 Å². The van der Waals surface area contributed by atoms with Crippen molar-refractivity contribution in [2.45, 2.75) is 59.4 Å². The lowest BCUT2D eigenvalue weighted by molar-refractivity contribution is 0.284. The van der Waals surface area contributed by atoms with Gasteiger partial charge in [-0.2, -0.15) is 0 Å². The van der Waals surface area contributed by atoms with Crippen LogP contribution in [0.4, 0.5) is 0 Å². The van der Waals surface area contributed by atoms with Crippen LogP contribution in [0.25, 0.3) is 0 Å². The Kier molecular flexibility index (Phi) is 5.88. The van der Waals surface area contributed by atoms with E-state index in [4.69, 9.17) is 11.6 Å². The van der Waals surface area contributed by atoms with Crippen molar-refractivity contribution in [2.75, 3.05) is 6.54 Å². The van der Waals surface area contributed by atoms with E-state index < -0.39 is 0 Å². The number of rotatable bonds is 6. The van der Waals surface area contributed by atoms with Crippen molar-refractivity contribution >= 4 is 11.6 Å². The van der Waals surface area contributed by atoms with Crippen LogP contribution in [0.5, 0.6) is 0 Å². The predicted molar refractivity (Wildman–Crippen MR) is 85.9 cm³/mol. The van der Waals surface area contributed by atoms with Crippen LogP contribution in [0.15, 0.2) is 24.3 Å². The van der Waals surface area contributed by atoms with Gasteiger partial charge in [0.05, 0.1) is 0 Å². The van der Waals surface area contributed by atoms with E-state index in [0.717, 1.165) is 18.0 Å². The van der Waals surface area contributed by atoms with E-state index in [-0.39, 0.29) is 5.54 Å². The first kappa shape index (κ1) is 16.5. The minimum atomic E-state index is 0.215. The Labute approximate surface area is 123 Å². The third-order valence-corrected chi connectivity index (χ3v) is 3.71. The molecular weight excluding hydrogens is 254 g/mol. The van der Waals surface area contributed by atoms with Crippen LogP contribution in [0.2, 0.25) is 5.02 Å². The van der Waals surface area contributed by atoms with E-state index in [1.807, 2.05) is 12.1 Å². The largest absolute Gasteiger partial charge is 0.312 e. The van der Waals surface area contributed by atoms with Crippen molar-refractivity contribution in [3.63, 3.8) is 0 Å². The Morgan fingerprint density at radius 3 is 2.05 bits per heavy atom. The van der Waals surface area contributed by atoms with Crippen LogP contribution >= 0.6 is 11.6 Å². The Bertz CT molecular complexity index is 373. The van der Waals surface area contributed by atoms with Crippen molar-refractivity contribution in [1.29, 1.82) is 0 Å². The molecule has 0 aliphatic heterocycles. The van der Waals surface area contributed by atoms with Gasteiger partial charge in [-0.15, -0.1) is 0 Å². The topological polar surface area (TPSA) is 12.0 Å². The zero-order chi connectivity index (χ0) is 14.5. The Hall–Kier alpha value is -0.530. The summed E-state index contributed by atoms with van der Waals surface area (Å²) in [5.74, 6) is 0. The van der Waals surface area contributed by atoms with Crippen molar-refractivity contribution in [3.8, 4) is 0 Å². The van der Waals surface area contributed by atoms with E-state index in [1.165, 1.54) is 18.4 Å². The Balaban J connectivity index is 2.35. The molecule has 0 radical (unpaired) electrons. The lowest BCUT2D eigenvalue weighted by atomic mass is 9.83. The molecule has 0 atom stereocenters. The number of hydrogen-bond donors (Lipinski definition) is 1. The molecule has 0 spiro atoms. The molecule has 1 N–H and O–H groups in total. The number of benzene rings is 1. The van der Waals surface area contributed by atoms with Gasteiger partial charge in [0, 0.05) is 10.6 Å². The molecule has 0 amide bonds. The van der Waals surface area contributed by atoms with Crippen LogP contribution in [0.3, 0.4) is 0 Å². The molecule has 0 saturated heterocycles. The minimum Gasteiger partial charge on any atom is -0.312 e. The van der Waals surface area contributed by atoms with Gasteiger partial charge in [-0.25, -0.2) is 0 Å². The second-order valence-electron chi connectivity index (χ2n) is 7.22. The molecule has 0 heterocycles. The molecule has 0 bridgehead atoms. The lowest BCUT2D eigenvalue weighted by Crippen LogP contribution is -2.38. The van der Waals surface area contributed by atoms with E-state index >= 15 is 0 Å². The molecule has 1 nitrogen and oxygen atoms in total. The first-order valence-corrected chi connectivity index (χ1v) is 7.55. The van der Waals surface area contributed by atoms with Gasteiger partial charge in [0.15, 0.2) is 0 Å². The summed E-state index contributed by atoms with van der Waals surface area (Å²) in [6, 6.07) is 8.22. The summed E-state index contributed by atoms with van der Waals surface area (Å²) >= 11 is 5.90. The highest BCUT2D eigenvalue weighted by atomic mass is 35.5. The molecule has 0 aromatic heterocycles. The molecule has 0 aliphatic carbocycles. The monoisotopic (exact) mass is 281 g/mol. The maximum absolute atomic E-state index is 5.90. The molecule has 0 saturated carbocycles. The third-order valence-electron chi connectivity index (χ3n) is 3.46. The fourth-order valence-electron chi connectivity index (χ4n) is 2.03. The number of halogens is 1. The maximum atomic E-state index is 5.90. The minimum absolute atomic E-state index is 0.215. The van der Waals surface area contributed by atoms with Crippen molar-refractivity contribution in [2.24, 2.45) is 5.41 Å². The molecule has 19 heavy (non-hydrogen) atoms. The predicted octanol–water partition coefficient (Wildman–Crippen LogP) is 5.08. The normalized spacial score (nSPS) is 12.7. The number of aryl methyl sites for hydroxylation is 1. The van der Waals surface area contributed by atoms with Crippen LogP contribution in [-0.2, 0) is 6.42 Å². The van der Waals surface area contributed by atoms with Gasteiger partial charge in [-0.05, 0) is 69.7 Å². The molecule has 2 heteroatoms. The average molecular weight is 282 g/mol. The molecule has 0 unspecified atom stereocenters. The van der Waals surface area contributed by atoms with E-state index in [9.17, 15) is 0 Å². The summed E-state index contributed by atoms with van der Waals surface area (Å²) < 4.78 is 0. The molecule has 108 valence electrons. The fraction of sp³-hybridized carbons (Fsp3) is 0.647. The van der Waals surface area contributed by atoms with Gasteiger partial charge < -0.3 is 5.32 Å². The highest BCUT2D eigenvalue weighted by Gasteiger charge is 2.18. The van der Waals surface area contributed by atoms with E-state index in [0.29, 0.717) is 5.41 Å². The maximum Gasteiger partial charge on any atom is 0.0406 e. The van der Waals surface area contributed by atoms with Gasteiger partial charge in [0.2, 0.25) is 0 Å². The first-order chi connectivity index (χ1) is 8.68. The average Bonchev–Trinajstić information content (AvgIpc) is 2.26. The number of hydrogen-bond acceptors (Lipinski definition) is 1. The SMILES string of the molecule is CC(C)(CCNC(C)(C)C)CCc1ccc(Cl)cc1. The van der Waals surface area contributed by atoms with Crippen LogP contribution in [0.1, 0.15) is 53.0 Å². The second kappa shape index (κ2) is 6.76. The summed E-state index contributed by atoms with van der Waals surface area (Å²) in [4.78, 5) is 0. The molecule has 1 aromatic carbocycles. The summed E-state index contributed by atoms with van der Waals surface area (Å²) in [6.07, 6.45) is 3.54. The molecule has 1 aromatic rings. The van der Waals surface area contributed by atoms with Gasteiger partial charge in [0.25, 0.3) is 0 Å². The van der Waals surface area contributed by atoms with Crippen LogP contribution in [-0.4, -0.2) is 12.1 Å². The van der Waals surface area contributed by atoms with Crippen molar-refractivity contribution in [1.82, 2.24) is 5.32 Å². The third kappa shape index (κ3) is 7.59. The second-order valence-corrected chi connectivity index (χ2v) is 7.65.